The van der Waals surface area contributed by atoms with E-state index in [9.17, 15) is 24.3 Å². The molecule has 2 aromatic carbocycles. The molecule has 3 heterocycles. The third kappa shape index (κ3) is 6.24. The van der Waals surface area contributed by atoms with Crippen molar-refractivity contribution >= 4 is 29.4 Å². The van der Waals surface area contributed by atoms with Crippen molar-refractivity contribution in [3.8, 4) is 0 Å². The van der Waals surface area contributed by atoms with Gasteiger partial charge in [-0.3, -0.25) is 19.2 Å². The molecule has 10 nitrogen and oxygen atoms in total. The molecule has 0 aromatic heterocycles. The van der Waals surface area contributed by atoms with Crippen LogP contribution in [0.3, 0.4) is 0 Å². The van der Waals surface area contributed by atoms with E-state index >= 15 is 0 Å². The molecule has 47 heavy (non-hydrogen) atoms. The summed E-state index contributed by atoms with van der Waals surface area (Å²) < 4.78 is 12.7. The highest BCUT2D eigenvalue weighted by molar-refractivity contribution is 6.05. The molecule has 5 rings (SSSR count). The first-order valence-corrected chi connectivity index (χ1v) is 16.3. The number of hydrogen-bond donors (Lipinski definition) is 2. The smallest absolute Gasteiger partial charge is 0.313 e. The van der Waals surface area contributed by atoms with Crippen molar-refractivity contribution in [2.45, 2.75) is 76.3 Å². The van der Waals surface area contributed by atoms with E-state index in [4.69, 9.17) is 9.47 Å². The van der Waals surface area contributed by atoms with Crippen molar-refractivity contribution in [1.82, 2.24) is 10.2 Å². The number of aryl methyl sites for hydroxylation is 2. The highest BCUT2D eigenvalue weighted by atomic mass is 16.6. The Morgan fingerprint density at radius 2 is 1.83 bits per heavy atom. The zero-order valence-electron chi connectivity index (χ0n) is 27.4. The minimum Gasteiger partial charge on any atom is -0.455 e. The molecule has 7 atom stereocenters. The van der Waals surface area contributed by atoms with Gasteiger partial charge >= 0.3 is 5.97 Å². The summed E-state index contributed by atoms with van der Waals surface area (Å²) in [5.41, 5.74) is 1.93. The van der Waals surface area contributed by atoms with E-state index in [1.54, 1.807) is 24.0 Å². The maximum atomic E-state index is 14.8. The molecular weight excluding hydrogens is 598 g/mol. The topological polar surface area (TPSA) is 125 Å². The fourth-order valence-corrected chi connectivity index (χ4v) is 7.64. The molecule has 2 N–H and O–H groups in total. The first-order valence-electron chi connectivity index (χ1n) is 16.3. The van der Waals surface area contributed by atoms with Gasteiger partial charge in [-0.05, 0) is 56.7 Å². The molecule has 0 saturated carbocycles. The van der Waals surface area contributed by atoms with Crippen LogP contribution in [0.15, 0.2) is 73.8 Å². The van der Waals surface area contributed by atoms with Gasteiger partial charge in [0.05, 0.1) is 37.1 Å². The van der Waals surface area contributed by atoms with Gasteiger partial charge < -0.3 is 29.7 Å². The van der Waals surface area contributed by atoms with Crippen molar-refractivity contribution < 1.29 is 33.8 Å². The van der Waals surface area contributed by atoms with E-state index in [1.165, 1.54) is 4.90 Å². The predicted molar refractivity (Wildman–Crippen MR) is 177 cm³/mol. The Labute approximate surface area is 276 Å². The molecule has 3 amide bonds. The number of hydrogen-bond acceptors (Lipinski definition) is 7. The molecule has 0 unspecified atom stereocenters. The Morgan fingerprint density at radius 3 is 2.47 bits per heavy atom. The molecule has 2 bridgehead atoms. The highest BCUT2D eigenvalue weighted by Crippen LogP contribution is 2.59. The minimum atomic E-state index is -1.27. The van der Waals surface area contributed by atoms with Crippen molar-refractivity contribution in [1.29, 1.82) is 0 Å². The zero-order chi connectivity index (χ0) is 33.9. The lowest BCUT2D eigenvalue weighted by molar-refractivity contribution is -0.161. The number of esters is 1. The third-order valence-electron chi connectivity index (χ3n) is 9.76. The maximum absolute atomic E-state index is 14.8. The fraction of sp³-hybridized carbons (Fsp3) is 0.459. The number of para-hydroxylation sites is 1. The van der Waals surface area contributed by atoms with Crippen LogP contribution in [-0.2, 0) is 28.7 Å². The number of benzene rings is 2. The number of likely N-dealkylation sites (tertiary alicyclic amines) is 1. The summed E-state index contributed by atoms with van der Waals surface area (Å²) >= 11 is 0. The lowest BCUT2D eigenvalue weighted by atomic mass is 9.70. The number of carbonyl (C=O) groups is 4. The van der Waals surface area contributed by atoms with Gasteiger partial charge in [-0.2, -0.15) is 0 Å². The number of ether oxygens (including phenoxy) is 2. The number of aliphatic hydroxyl groups excluding tert-OH is 1. The normalized spacial score (nSPS) is 25.5. The monoisotopic (exact) mass is 643 g/mol. The van der Waals surface area contributed by atoms with Gasteiger partial charge in [0, 0.05) is 18.7 Å². The van der Waals surface area contributed by atoms with E-state index in [-0.39, 0.29) is 37.9 Å². The Morgan fingerprint density at radius 1 is 1.13 bits per heavy atom. The van der Waals surface area contributed by atoms with Gasteiger partial charge in [-0.25, -0.2) is 0 Å². The third-order valence-corrected chi connectivity index (χ3v) is 9.76. The van der Waals surface area contributed by atoms with Crippen molar-refractivity contribution in [2.75, 3.05) is 24.6 Å². The van der Waals surface area contributed by atoms with Crippen LogP contribution in [-0.4, -0.2) is 77.2 Å². The summed E-state index contributed by atoms with van der Waals surface area (Å²) in [6.07, 6.45) is 3.52. The summed E-state index contributed by atoms with van der Waals surface area (Å²) in [5.74, 6) is -3.51. The number of fused-ring (bicyclic) bond motifs is 1. The zero-order valence-corrected chi connectivity index (χ0v) is 27.4. The van der Waals surface area contributed by atoms with Crippen LogP contribution in [0.2, 0.25) is 0 Å². The standard InChI is InChI=1S/C37H45N3O7/c1-6-8-17-29(42)38-21-28(26-15-10-9-11-16-26)46-36(45)30-27-18-19-37(47-27)31(30)34(43)40(25(5)22-41)33(37)35(44)39(20-7-2)32-23(3)13-12-14-24(32)4/h6-7,9-16,25,27-28,30-31,33,41H,1-2,8,17-22H2,3-5H3,(H,38,42)/t25-,27+,28-,30-,31-,33+,37-/m1/s1. The lowest BCUT2D eigenvalue weighted by Crippen LogP contribution is -2.58. The Kier molecular flexibility index (Phi) is 10.3. The largest absolute Gasteiger partial charge is 0.455 e. The average molecular weight is 644 g/mol. The van der Waals surface area contributed by atoms with Gasteiger partial charge in [0.25, 0.3) is 5.91 Å². The van der Waals surface area contributed by atoms with Gasteiger partial charge in [-0.15, -0.1) is 13.2 Å². The molecule has 0 aliphatic carbocycles. The quantitative estimate of drug-likeness (QED) is 0.236. The predicted octanol–water partition coefficient (Wildman–Crippen LogP) is 3.94. The summed E-state index contributed by atoms with van der Waals surface area (Å²) in [7, 11) is 0. The SMILES string of the molecule is C=CCCC(=O)NC[C@@H](OC(=O)[C@@H]1[C@@H]2CC[C@]3(O2)[C@H](C(=O)N(CC=C)c2c(C)cccc2C)N([C@H](C)CO)C(=O)[C@@H]13)c1ccccc1. The number of rotatable bonds is 14. The van der Waals surface area contributed by atoms with Gasteiger partial charge in [0.1, 0.15) is 17.7 Å². The van der Waals surface area contributed by atoms with Crippen molar-refractivity contribution in [3.05, 3.63) is 90.5 Å². The fourth-order valence-electron chi connectivity index (χ4n) is 7.64. The van der Waals surface area contributed by atoms with Crippen LogP contribution < -0.4 is 10.2 Å². The number of anilines is 1. The highest BCUT2D eigenvalue weighted by Gasteiger charge is 2.75. The number of amides is 3. The second kappa shape index (κ2) is 14.2. The van der Waals surface area contributed by atoms with E-state index in [0.29, 0.717) is 24.8 Å². The van der Waals surface area contributed by atoms with Crippen molar-refractivity contribution in [3.63, 3.8) is 0 Å². The summed E-state index contributed by atoms with van der Waals surface area (Å²) in [6.45, 7) is 13.0. The number of nitrogens with one attached hydrogen (secondary N) is 1. The summed E-state index contributed by atoms with van der Waals surface area (Å²) in [6, 6.07) is 13.1. The molecule has 2 aromatic rings. The van der Waals surface area contributed by atoms with E-state index in [0.717, 1.165) is 16.8 Å². The molecular formula is C37H45N3O7. The molecule has 3 aliphatic heterocycles. The minimum absolute atomic E-state index is 0.0504. The van der Waals surface area contributed by atoms with Crippen LogP contribution in [0.5, 0.6) is 0 Å². The lowest BCUT2D eigenvalue weighted by Gasteiger charge is -2.39. The van der Waals surface area contributed by atoms with Crippen LogP contribution in [0, 0.1) is 25.7 Å². The maximum Gasteiger partial charge on any atom is 0.313 e. The second-order valence-corrected chi connectivity index (χ2v) is 12.8. The van der Waals surface area contributed by atoms with Crippen LogP contribution in [0.1, 0.15) is 55.4 Å². The van der Waals surface area contributed by atoms with Crippen LogP contribution >= 0.6 is 0 Å². The summed E-state index contributed by atoms with van der Waals surface area (Å²) in [4.78, 5) is 58.8. The Hall–Kier alpha value is -4.28. The molecule has 10 heteroatoms. The van der Waals surface area contributed by atoms with E-state index in [2.05, 4.69) is 18.5 Å². The van der Waals surface area contributed by atoms with E-state index < -0.39 is 53.6 Å². The molecule has 3 saturated heterocycles. The Bertz CT molecular complexity index is 1510. The van der Waals surface area contributed by atoms with Crippen LogP contribution in [0.4, 0.5) is 5.69 Å². The molecule has 3 aliphatic rings. The van der Waals surface area contributed by atoms with Crippen LogP contribution in [0.25, 0.3) is 0 Å². The molecule has 0 radical (unpaired) electrons. The van der Waals surface area contributed by atoms with Gasteiger partial charge in [0.15, 0.2) is 0 Å². The number of nitrogens with zero attached hydrogens (tertiary/aromatic N) is 2. The molecule has 250 valence electrons. The van der Waals surface area contributed by atoms with Gasteiger partial charge in [-0.1, -0.05) is 60.7 Å². The first-order chi connectivity index (χ1) is 22.6. The number of aliphatic hydroxyl groups is 1. The number of allylic oxidation sites excluding steroid dienone is 1. The first kappa shape index (κ1) is 34.1. The number of carbonyl (C=O) groups excluding carboxylic acids is 4. The average Bonchev–Trinajstić information content (AvgIpc) is 3.72. The van der Waals surface area contributed by atoms with E-state index in [1.807, 2.05) is 62.4 Å². The molecule has 3 fully saturated rings. The van der Waals surface area contributed by atoms with Crippen molar-refractivity contribution in [2.24, 2.45) is 11.8 Å². The summed E-state index contributed by atoms with van der Waals surface area (Å²) in [5, 5.41) is 13.1. The Balaban J connectivity index is 1.48. The second-order valence-electron chi connectivity index (χ2n) is 12.8. The van der Waals surface area contributed by atoms with Gasteiger partial charge in [0.2, 0.25) is 11.8 Å². The molecule has 1 spiro atoms.